The second-order valence-corrected chi connectivity index (χ2v) is 5.35. The molecule has 0 aromatic heterocycles. The number of amides is 1. The number of carbonyl (C=O) groups excluding carboxylic acids is 1. The van der Waals surface area contributed by atoms with Crippen LogP contribution >= 0.6 is 0 Å². The Bertz CT molecular complexity index is 533. The molecular formula is C15H18F3NO4. The molecule has 8 heteroatoms. The predicted molar refractivity (Wildman–Crippen MR) is 74.9 cm³/mol. The summed E-state index contributed by atoms with van der Waals surface area (Å²) in [4.78, 5) is 12.0. The molecule has 0 spiro atoms. The number of rotatable bonds is 4. The van der Waals surface area contributed by atoms with E-state index in [1.807, 2.05) is 0 Å². The molecule has 0 aliphatic carbocycles. The minimum absolute atomic E-state index is 0.118. The number of alkyl halides is 3. The van der Waals surface area contributed by atoms with Crippen molar-refractivity contribution in [2.24, 2.45) is 5.92 Å². The fraction of sp³-hybridized carbons (Fsp3) is 0.533. The molecule has 3 atom stereocenters. The number of hydrogen-bond donors (Lipinski definition) is 2. The molecule has 5 nitrogen and oxygen atoms in total. The van der Waals surface area contributed by atoms with Crippen LogP contribution in [-0.4, -0.2) is 50.1 Å². The highest BCUT2D eigenvalue weighted by Gasteiger charge is 2.33. The van der Waals surface area contributed by atoms with Crippen LogP contribution in [0.25, 0.3) is 0 Å². The predicted octanol–water partition coefficient (Wildman–Crippen LogP) is 1.46. The van der Waals surface area contributed by atoms with Gasteiger partial charge in [-0.1, -0.05) is 0 Å². The second-order valence-electron chi connectivity index (χ2n) is 5.35. The van der Waals surface area contributed by atoms with Crippen molar-refractivity contribution in [2.75, 3.05) is 26.9 Å². The topological polar surface area (TPSA) is 67.8 Å². The first-order valence-corrected chi connectivity index (χ1v) is 7.07. The summed E-state index contributed by atoms with van der Waals surface area (Å²) in [5, 5.41) is 12.6. The van der Waals surface area contributed by atoms with Crippen molar-refractivity contribution in [1.82, 2.24) is 5.32 Å². The molecule has 0 unspecified atom stereocenters. The molecule has 1 heterocycles. The smallest absolute Gasteiger partial charge is 0.390 e. The van der Waals surface area contributed by atoms with Gasteiger partial charge >= 0.3 is 6.18 Å². The third kappa shape index (κ3) is 4.43. The van der Waals surface area contributed by atoms with Crippen molar-refractivity contribution in [3.05, 3.63) is 35.4 Å². The first-order valence-electron chi connectivity index (χ1n) is 7.07. The first kappa shape index (κ1) is 17.7. The molecule has 1 saturated heterocycles. The summed E-state index contributed by atoms with van der Waals surface area (Å²) >= 11 is 0. The van der Waals surface area contributed by atoms with E-state index in [1.165, 1.54) is 7.11 Å². The van der Waals surface area contributed by atoms with Crippen molar-refractivity contribution in [2.45, 2.75) is 18.4 Å². The van der Waals surface area contributed by atoms with E-state index in [1.54, 1.807) is 0 Å². The molecule has 1 aliphatic rings. The van der Waals surface area contributed by atoms with Crippen LogP contribution in [0.3, 0.4) is 0 Å². The standard InChI is InChI=1S/C15H18F3NO4/c1-22-12-8-23-7-10(13(12)20)6-19-14(21)9-2-4-11(5-3-9)15(16,17)18/h2-5,10,12-13,20H,6-8H2,1H3,(H,19,21)/t10-,12-,13+/m1/s1. The number of hydrogen-bond acceptors (Lipinski definition) is 4. The minimum atomic E-state index is -4.44. The van der Waals surface area contributed by atoms with Crippen molar-refractivity contribution < 1.29 is 32.5 Å². The van der Waals surface area contributed by atoms with E-state index in [-0.39, 0.29) is 31.2 Å². The highest BCUT2D eigenvalue weighted by Crippen LogP contribution is 2.29. The van der Waals surface area contributed by atoms with Crippen molar-refractivity contribution in [1.29, 1.82) is 0 Å². The number of methoxy groups -OCH3 is 1. The molecule has 2 rings (SSSR count). The summed E-state index contributed by atoms with van der Waals surface area (Å²) < 4.78 is 47.8. The Hall–Kier alpha value is -1.64. The summed E-state index contributed by atoms with van der Waals surface area (Å²) in [6.07, 6.45) is -5.67. The highest BCUT2D eigenvalue weighted by molar-refractivity contribution is 5.94. The zero-order valence-electron chi connectivity index (χ0n) is 12.5. The maximum atomic E-state index is 12.5. The Morgan fingerprint density at radius 3 is 2.57 bits per heavy atom. The van der Waals surface area contributed by atoms with E-state index >= 15 is 0 Å². The van der Waals surface area contributed by atoms with Crippen LogP contribution in [0, 0.1) is 5.92 Å². The van der Waals surface area contributed by atoms with Crippen LogP contribution in [0.5, 0.6) is 0 Å². The van der Waals surface area contributed by atoms with E-state index in [9.17, 15) is 23.1 Å². The number of aliphatic hydroxyl groups is 1. The third-order valence-corrected chi connectivity index (χ3v) is 3.78. The average molecular weight is 333 g/mol. The molecular weight excluding hydrogens is 315 g/mol. The summed E-state index contributed by atoms with van der Waals surface area (Å²) in [6.45, 7) is 0.691. The Morgan fingerprint density at radius 1 is 1.35 bits per heavy atom. The molecule has 23 heavy (non-hydrogen) atoms. The van der Waals surface area contributed by atoms with E-state index in [2.05, 4.69) is 5.32 Å². The monoisotopic (exact) mass is 333 g/mol. The Labute approximate surface area is 131 Å². The number of aliphatic hydroxyl groups excluding tert-OH is 1. The van der Waals surface area contributed by atoms with Gasteiger partial charge in [-0.15, -0.1) is 0 Å². The molecule has 1 aliphatic heterocycles. The quantitative estimate of drug-likeness (QED) is 0.875. The molecule has 1 aromatic rings. The first-order chi connectivity index (χ1) is 10.8. The fourth-order valence-corrected chi connectivity index (χ4v) is 2.36. The minimum Gasteiger partial charge on any atom is -0.390 e. The lowest BCUT2D eigenvalue weighted by Gasteiger charge is -2.33. The van der Waals surface area contributed by atoms with Gasteiger partial charge in [0.2, 0.25) is 0 Å². The number of carbonyl (C=O) groups is 1. The zero-order valence-corrected chi connectivity index (χ0v) is 12.5. The lowest BCUT2D eigenvalue weighted by molar-refractivity contribution is -0.137. The lowest BCUT2D eigenvalue weighted by Crippen LogP contribution is -2.49. The normalized spacial score (nSPS) is 25.2. The molecule has 0 saturated carbocycles. The molecule has 1 fully saturated rings. The lowest BCUT2D eigenvalue weighted by atomic mass is 9.96. The summed E-state index contributed by atoms with van der Waals surface area (Å²) in [5.41, 5.74) is -0.694. The molecule has 1 amide bonds. The van der Waals surface area contributed by atoms with Crippen LogP contribution in [0.2, 0.25) is 0 Å². The van der Waals surface area contributed by atoms with E-state index in [0.717, 1.165) is 24.3 Å². The van der Waals surface area contributed by atoms with Crippen molar-refractivity contribution in [3.8, 4) is 0 Å². The van der Waals surface area contributed by atoms with Gasteiger partial charge in [0.25, 0.3) is 5.91 Å². The largest absolute Gasteiger partial charge is 0.416 e. The number of nitrogens with one attached hydrogen (secondary N) is 1. The third-order valence-electron chi connectivity index (χ3n) is 3.78. The van der Waals surface area contributed by atoms with Gasteiger partial charge in [0.1, 0.15) is 6.10 Å². The molecule has 2 N–H and O–H groups in total. The van der Waals surface area contributed by atoms with Crippen molar-refractivity contribution in [3.63, 3.8) is 0 Å². The summed E-state index contributed by atoms with van der Waals surface area (Å²) in [6, 6.07) is 3.94. The van der Waals surface area contributed by atoms with Gasteiger partial charge in [-0.05, 0) is 24.3 Å². The van der Waals surface area contributed by atoms with Crippen LogP contribution in [-0.2, 0) is 15.7 Å². The Morgan fingerprint density at radius 2 is 2.00 bits per heavy atom. The van der Waals surface area contributed by atoms with E-state index in [0.29, 0.717) is 0 Å². The Balaban J connectivity index is 1.92. The van der Waals surface area contributed by atoms with Gasteiger partial charge in [0.15, 0.2) is 0 Å². The SMILES string of the molecule is CO[C@@H]1COC[C@@H](CNC(=O)c2ccc(C(F)(F)F)cc2)[C@@H]1O. The number of halogens is 3. The number of benzene rings is 1. The maximum absolute atomic E-state index is 12.5. The zero-order chi connectivity index (χ0) is 17.0. The van der Waals surface area contributed by atoms with Crippen LogP contribution < -0.4 is 5.32 Å². The molecule has 1 aromatic carbocycles. The highest BCUT2D eigenvalue weighted by atomic mass is 19.4. The fourth-order valence-electron chi connectivity index (χ4n) is 2.36. The van der Waals surface area contributed by atoms with E-state index in [4.69, 9.17) is 9.47 Å². The second kappa shape index (κ2) is 7.29. The van der Waals surface area contributed by atoms with Crippen LogP contribution in [0.4, 0.5) is 13.2 Å². The van der Waals surface area contributed by atoms with Gasteiger partial charge in [-0.3, -0.25) is 4.79 Å². The van der Waals surface area contributed by atoms with Gasteiger partial charge in [-0.25, -0.2) is 0 Å². The van der Waals surface area contributed by atoms with Gasteiger partial charge < -0.3 is 19.9 Å². The van der Waals surface area contributed by atoms with Gasteiger partial charge in [0.05, 0.1) is 24.9 Å². The average Bonchev–Trinajstić information content (AvgIpc) is 2.53. The van der Waals surface area contributed by atoms with Crippen LogP contribution in [0.15, 0.2) is 24.3 Å². The Kier molecular flexibility index (Phi) is 5.61. The van der Waals surface area contributed by atoms with E-state index < -0.39 is 29.9 Å². The molecule has 128 valence electrons. The molecule has 0 radical (unpaired) electrons. The van der Waals surface area contributed by atoms with Gasteiger partial charge in [-0.2, -0.15) is 13.2 Å². The summed E-state index contributed by atoms with van der Waals surface area (Å²) in [7, 11) is 1.46. The molecule has 0 bridgehead atoms. The summed E-state index contributed by atoms with van der Waals surface area (Å²) in [5.74, 6) is -0.849. The van der Waals surface area contributed by atoms with Crippen molar-refractivity contribution >= 4 is 5.91 Å². The van der Waals surface area contributed by atoms with Crippen LogP contribution in [0.1, 0.15) is 15.9 Å². The number of ether oxygens (including phenoxy) is 2. The van der Waals surface area contributed by atoms with Gasteiger partial charge in [0, 0.05) is 25.1 Å². The maximum Gasteiger partial charge on any atom is 0.416 e.